The smallest absolute Gasteiger partial charge is 0.338 e. The number of ketones is 1. The van der Waals surface area contributed by atoms with Crippen LogP contribution in [-0.4, -0.2) is 33.4 Å². The van der Waals surface area contributed by atoms with Gasteiger partial charge in [0, 0.05) is 0 Å². The molecule has 0 aliphatic heterocycles. The van der Waals surface area contributed by atoms with E-state index in [9.17, 15) is 9.59 Å². The second-order valence-corrected chi connectivity index (χ2v) is 5.57. The summed E-state index contributed by atoms with van der Waals surface area (Å²) in [6, 6.07) is 10.3. The quantitative estimate of drug-likeness (QED) is 0.532. The Morgan fingerprint density at radius 1 is 1.22 bits per heavy atom. The largest absolute Gasteiger partial charge is 0.462 e. The van der Waals surface area contributed by atoms with Crippen molar-refractivity contribution in [3.8, 4) is 5.69 Å². The number of thiophene rings is 1. The van der Waals surface area contributed by atoms with Gasteiger partial charge in [-0.05, 0) is 42.6 Å². The Labute approximate surface area is 136 Å². The van der Waals surface area contributed by atoms with Crippen LogP contribution in [0, 0.1) is 0 Å². The van der Waals surface area contributed by atoms with E-state index < -0.39 is 0 Å². The molecule has 0 fully saturated rings. The third-order valence-corrected chi connectivity index (χ3v) is 3.98. The number of nitrogens with zero attached hydrogens (tertiary/aromatic N) is 3. The number of hydrogen-bond donors (Lipinski definition) is 0. The first kappa shape index (κ1) is 15.1. The minimum atomic E-state index is -0.369. The van der Waals surface area contributed by atoms with Gasteiger partial charge in [-0.1, -0.05) is 11.3 Å². The monoisotopic (exact) mass is 327 g/mol. The van der Waals surface area contributed by atoms with Gasteiger partial charge >= 0.3 is 5.97 Å². The molecule has 3 rings (SSSR count). The average molecular weight is 327 g/mol. The SMILES string of the molecule is CCOC(=O)c1ccc(-n2cc(C(=O)c3cccs3)nn2)cc1. The Hall–Kier alpha value is -2.80. The Kier molecular flexibility index (Phi) is 4.29. The van der Waals surface area contributed by atoms with Gasteiger partial charge in [-0.25, -0.2) is 9.48 Å². The number of carbonyl (C=O) groups is 2. The van der Waals surface area contributed by atoms with Crippen LogP contribution in [0.1, 0.15) is 32.6 Å². The van der Waals surface area contributed by atoms with Crippen LogP contribution in [0.2, 0.25) is 0 Å². The molecule has 0 radical (unpaired) electrons. The van der Waals surface area contributed by atoms with Crippen molar-refractivity contribution in [2.75, 3.05) is 6.61 Å². The summed E-state index contributed by atoms with van der Waals surface area (Å²) in [5, 5.41) is 9.72. The van der Waals surface area contributed by atoms with E-state index in [-0.39, 0.29) is 17.4 Å². The summed E-state index contributed by atoms with van der Waals surface area (Å²) in [6.07, 6.45) is 1.57. The van der Waals surface area contributed by atoms with E-state index >= 15 is 0 Å². The van der Waals surface area contributed by atoms with E-state index in [1.165, 1.54) is 16.0 Å². The molecule has 0 bridgehead atoms. The molecule has 0 aliphatic carbocycles. The van der Waals surface area contributed by atoms with Gasteiger partial charge < -0.3 is 4.74 Å². The lowest BCUT2D eigenvalue weighted by Crippen LogP contribution is -2.05. The summed E-state index contributed by atoms with van der Waals surface area (Å²) in [4.78, 5) is 24.4. The van der Waals surface area contributed by atoms with Crippen LogP contribution < -0.4 is 0 Å². The lowest BCUT2D eigenvalue weighted by Gasteiger charge is -2.03. The van der Waals surface area contributed by atoms with E-state index in [1.54, 1.807) is 43.5 Å². The first-order valence-corrected chi connectivity index (χ1v) is 7.85. The van der Waals surface area contributed by atoms with Gasteiger partial charge in [-0.2, -0.15) is 0 Å². The van der Waals surface area contributed by atoms with Crippen molar-refractivity contribution < 1.29 is 14.3 Å². The summed E-state index contributed by atoms with van der Waals surface area (Å²) >= 11 is 1.36. The molecule has 0 amide bonds. The highest BCUT2D eigenvalue weighted by molar-refractivity contribution is 7.12. The minimum Gasteiger partial charge on any atom is -0.462 e. The molecule has 0 unspecified atom stereocenters. The van der Waals surface area contributed by atoms with Crippen molar-refractivity contribution in [1.29, 1.82) is 0 Å². The van der Waals surface area contributed by atoms with Gasteiger partial charge in [0.1, 0.15) is 0 Å². The van der Waals surface area contributed by atoms with Crippen LogP contribution in [0.5, 0.6) is 0 Å². The number of aromatic nitrogens is 3. The predicted molar refractivity (Wildman–Crippen MR) is 85.1 cm³/mol. The molecule has 0 saturated heterocycles. The third-order valence-electron chi connectivity index (χ3n) is 3.11. The molecule has 0 aliphatic rings. The molecule has 0 spiro atoms. The summed E-state index contributed by atoms with van der Waals surface area (Å²) in [5.41, 5.74) is 1.45. The van der Waals surface area contributed by atoms with Crippen molar-refractivity contribution in [3.63, 3.8) is 0 Å². The van der Waals surface area contributed by atoms with Crippen LogP contribution >= 0.6 is 11.3 Å². The van der Waals surface area contributed by atoms with Crippen molar-refractivity contribution in [1.82, 2.24) is 15.0 Å². The summed E-state index contributed by atoms with van der Waals surface area (Å²) in [7, 11) is 0. The zero-order chi connectivity index (χ0) is 16.2. The molecule has 0 N–H and O–H groups in total. The van der Waals surface area contributed by atoms with Gasteiger partial charge in [0.05, 0.1) is 28.9 Å². The fourth-order valence-electron chi connectivity index (χ4n) is 1.99. The number of rotatable bonds is 5. The highest BCUT2D eigenvalue weighted by Crippen LogP contribution is 2.15. The molecule has 0 saturated carbocycles. The Morgan fingerprint density at radius 3 is 2.65 bits per heavy atom. The van der Waals surface area contributed by atoms with Gasteiger partial charge in [-0.15, -0.1) is 16.4 Å². The highest BCUT2D eigenvalue weighted by Gasteiger charge is 2.15. The lowest BCUT2D eigenvalue weighted by atomic mass is 10.2. The fourth-order valence-corrected chi connectivity index (χ4v) is 2.67. The summed E-state index contributed by atoms with van der Waals surface area (Å²) in [5.74, 6) is -0.527. The topological polar surface area (TPSA) is 74.1 Å². The predicted octanol–water partition coefficient (Wildman–Crippen LogP) is 2.74. The Balaban J connectivity index is 1.80. The molecule has 7 heteroatoms. The zero-order valence-corrected chi connectivity index (χ0v) is 13.1. The maximum atomic E-state index is 12.2. The maximum Gasteiger partial charge on any atom is 0.338 e. The molecule has 3 aromatic rings. The number of ether oxygens (including phenoxy) is 1. The van der Waals surface area contributed by atoms with Crippen LogP contribution in [0.4, 0.5) is 0 Å². The minimum absolute atomic E-state index is 0.158. The van der Waals surface area contributed by atoms with Crippen molar-refractivity contribution >= 4 is 23.1 Å². The molecule has 0 atom stereocenters. The first-order valence-electron chi connectivity index (χ1n) is 6.97. The molecule has 6 nitrogen and oxygen atoms in total. The standard InChI is InChI=1S/C16H13N3O3S/c1-2-22-16(21)11-5-7-12(8-6-11)19-10-13(17-18-19)15(20)14-4-3-9-23-14/h3-10H,2H2,1H3. The molecule has 2 aromatic heterocycles. The van der Waals surface area contributed by atoms with Crippen molar-refractivity contribution in [2.45, 2.75) is 6.92 Å². The first-order chi connectivity index (χ1) is 11.2. The van der Waals surface area contributed by atoms with Gasteiger partial charge in [0.2, 0.25) is 5.78 Å². The highest BCUT2D eigenvalue weighted by atomic mass is 32.1. The second-order valence-electron chi connectivity index (χ2n) is 4.62. The lowest BCUT2D eigenvalue weighted by molar-refractivity contribution is 0.0526. The van der Waals surface area contributed by atoms with E-state index in [0.29, 0.717) is 22.7 Å². The van der Waals surface area contributed by atoms with Crippen LogP contribution in [-0.2, 0) is 4.74 Å². The Bertz CT molecular complexity index is 823. The number of benzene rings is 1. The van der Waals surface area contributed by atoms with Crippen LogP contribution in [0.25, 0.3) is 5.69 Å². The summed E-state index contributed by atoms with van der Waals surface area (Å²) in [6.45, 7) is 2.09. The fraction of sp³-hybridized carbons (Fsp3) is 0.125. The number of carbonyl (C=O) groups excluding carboxylic acids is 2. The second kappa shape index (κ2) is 6.53. The zero-order valence-electron chi connectivity index (χ0n) is 12.3. The molecule has 23 heavy (non-hydrogen) atoms. The number of hydrogen-bond acceptors (Lipinski definition) is 6. The molecule has 1 aromatic carbocycles. The maximum absolute atomic E-state index is 12.2. The third kappa shape index (κ3) is 3.19. The average Bonchev–Trinajstić information content (AvgIpc) is 3.26. The molecule has 2 heterocycles. The van der Waals surface area contributed by atoms with Gasteiger partial charge in [-0.3, -0.25) is 4.79 Å². The normalized spacial score (nSPS) is 10.5. The van der Waals surface area contributed by atoms with Crippen molar-refractivity contribution in [3.05, 3.63) is 64.1 Å². The Morgan fingerprint density at radius 2 is 2.00 bits per heavy atom. The van der Waals surface area contributed by atoms with Crippen LogP contribution in [0.3, 0.4) is 0 Å². The van der Waals surface area contributed by atoms with E-state index in [1.807, 2.05) is 11.4 Å². The number of esters is 1. The molecular weight excluding hydrogens is 314 g/mol. The van der Waals surface area contributed by atoms with Gasteiger partial charge in [0.15, 0.2) is 5.69 Å². The van der Waals surface area contributed by atoms with E-state index in [2.05, 4.69) is 10.3 Å². The van der Waals surface area contributed by atoms with E-state index in [4.69, 9.17) is 4.74 Å². The van der Waals surface area contributed by atoms with Crippen molar-refractivity contribution in [2.24, 2.45) is 0 Å². The van der Waals surface area contributed by atoms with E-state index in [0.717, 1.165) is 0 Å². The molecular formula is C16H13N3O3S. The summed E-state index contributed by atoms with van der Waals surface area (Å²) < 4.78 is 6.43. The molecule has 116 valence electrons. The van der Waals surface area contributed by atoms with Gasteiger partial charge in [0.25, 0.3) is 0 Å². The van der Waals surface area contributed by atoms with Crippen LogP contribution in [0.15, 0.2) is 48.0 Å².